The average molecular weight is 480 g/mol. The molecule has 33 heavy (non-hydrogen) atoms. The van der Waals surface area contributed by atoms with Crippen molar-refractivity contribution in [3.05, 3.63) is 36.0 Å². The molecule has 11 nitrogen and oxygen atoms in total. The fourth-order valence-electron chi connectivity index (χ4n) is 3.22. The summed E-state index contributed by atoms with van der Waals surface area (Å²) in [5.41, 5.74) is 6.79. The fourth-order valence-corrected chi connectivity index (χ4v) is 3.69. The molecular weight excluding hydrogens is 450 g/mol. The number of benzene rings is 1. The maximum absolute atomic E-state index is 12.9. The monoisotopic (exact) mass is 479 g/mol. The first-order valence-corrected chi connectivity index (χ1v) is 11.7. The van der Waals surface area contributed by atoms with E-state index >= 15 is 0 Å². The average Bonchev–Trinajstić information content (AvgIpc) is 3.21. The molecule has 2 aromatic rings. The molecule has 0 aliphatic carbocycles. The molecular formula is C21H29N5O6S. The minimum Gasteiger partial charge on any atom is -0.480 e. The number of carbonyl (C=O) groups excluding carboxylic acids is 3. The van der Waals surface area contributed by atoms with Gasteiger partial charge in [-0.3, -0.25) is 14.4 Å². The van der Waals surface area contributed by atoms with Gasteiger partial charge in [0, 0.05) is 23.5 Å². The number of hydrogen-bond acceptors (Lipinski definition) is 7. The smallest absolute Gasteiger partial charge is 0.326 e. The van der Waals surface area contributed by atoms with E-state index in [2.05, 4.69) is 20.9 Å². The SMILES string of the molecule is CSCCC(NC(=O)C(CO)NC(=O)CN)C(=O)NC(Cc1c[nH]c2ccccc12)C(=O)O. The number of aliphatic hydroxyl groups is 1. The number of aromatic nitrogens is 1. The van der Waals surface area contributed by atoms with Crippen LogP contribution < -0.4 is 21.7 Å². The van der Waals surface area contributed by atoms with Crippen LogP contribution in [0.15, 0.2) is 30.5 Å². The van der Waals surface area contributed by atoms with Gasteiger partial charge in [-0.15, -0.1) is 0 Å². The highest BCUT2D eigenvalue weighted by molar-refractivity contribution is 7.98. The predicted octanol–water partition coefficient (Wildman–Crippen LogP) is -1.05. The maximum Gasteiger partial charge on any atom is 0.326 e. The van der Waals surface area contributed by atoms with E-state index in [4.69, 9.17) is 5.73 Å². The van der Waals surface area contributed by atoms with Gasteiger partial charge in [-0.2, -0.15) is 11.8 Å². The van der Waals surface area contributed by atoms with Crippen LogP contribution in [0.5, 0.6) is 0 Å². The first-order chi connectivity index (χ1) is 15.8. The molecule has 3 unspecified atom stereocenters. The van der Waals surface area contributed by atoms with Gasteiger partial charge in [0.05, 0.1) is 13.2 Å². The first kappa shape index (κ1) is 26.2. The van der Waals surface area contributed by atoms with Gasteiger partial charge in [-0.1, -0.05) is 18.2 Å². The molecule has 1 aromatic heterocycles. The molecule has 180 valence electrons. The van der Waals surface area contributed by atoms with E-state index in [9.17, 15) is 29.4 Å². The summed E-state index contributed by atoms with van der Waals surface area (Å²) in [6.07, 6.45) is 3.79. The van der Waals surface area contributed by atoms with Gasteiger partial charge in [0.2, 0.25) is 17.7 Å². The number of aromatic amines is 1. The van der Waals surface area contributed by atoms with Crippen molar-refractivity contribution in [2.45, 2.75) is 31.0 Å². The number of thioether (sulfide) groups is 1. The van der Waals surface area contributed by atoms with Gasteiger partial charge in [-0.25, -0.2) is 4.79 Å². The summed E-state index contributed by atoms with van der Waals surface area (Å²) in [7, 11) is 0. The number of nitrogens with one attached hydrogen (secondary N) is 4. The summed E-state index contributed by atoms with van der Waals surface area (Å²) < 4.78 is 0. The number of carbonyl (C=O) groups is 4. The Labute approximate surface area is 194 Å². The van der Waals surface area contributed by atoms with E-state index in [-0.39, 0.29) is 19.4 Å². The number of carboxylic acid groups (broad SMARTS) is 1. The van der Waals surface area contributed by atoms with E-state index in [1.165, 1.54) is 11.8 Å². The summed E-state index contributed by atoms with van der Waals surface area (Å²) in [4.78, 5) is 51.8. The second-order valence-corrected chi connectivity index (χ2v) is 8.30. The Morgan fingerprint density at radius 3 is 2.36 bits per heavy atom. The quantitative estimate of drug-likeness (QED) is 0.190. The maximum atomic E-state index is 12.9. The molecule has 12 heteroatoms. The van der Waals surface area contributed by atoms with Crippen LogP contribution >= 0.6 is 11.8 Å². The standard InChI is InChI=1S/C21H29N5O6S/c1-33-7-6-15(25-20(30)17(11-27)24-18(28)9-22)19(29)26-16(21(31)32)8-12-10-23-14-5-3-2-4-13(12)14/h2-5,10,15-17,23,27H,6-9,11,22H2,1H3,(H,24,28)(H,25,30)(H,26,29)(H,31,32). The number of amides is 3. The van der Waals surface area contributed by atoms with Crippen molar-refractivity contribution in [3.8, 4) is 0 Å². The Kier molecular flexibility index (Phi) is 10.2. The van der Waals surface area contributed by atoms with Crippen LogP contribution in [-0.4, -0.2) is 82.2 Å². The van der Waals surface area contributed by atoms with Crippen molar-refractivity contribution in [2.75, 3.05) is 25.2 Å². The van der Waals surface area contributed by atoms with E-state index in [0.29, 0.717) is 5.75 Å². The largest absolute Gasteiger partial charge is 0.480 e. The van der Waals surface area contributed by atoms with Gasteiger partial charge in [-0.05, 0) is 30.1 Å². The normalized spacial score (nSPS) is 13.7. The highest BCUT2D eigenvalue weighted by Gasteiger charge is 2.29. The van der Waals surface area contributed by atoms with E-state index in [0.717, 1.165) is 16.5 Å². The van der Waals surface area contributed by atoms with Crippen LogP contribution in [0.4, 0.5) is 0 Å². The van der Waals surface area contributed by atoms with E-state index < -0.39 is 48.4 Å². The zero-order chi connectivity index (χ0) is 24.4. The molecule has 1 heterocycles. The summed E-state index contributed by atoms with van der Waals surface area (Å²) >= 11 is 1.45. The second kappa shape index (κ2) is 12.8. The zero-order valence-corrected chi connectivity index (χ0v) is 19.0. The zero-order valence-electron chi connectivity index (χ0n) is 18.2. The third kappa shape index (κ3) is 7.48. The van der Waals surface area contributed by atoms with E-state index in [1.54, 1.807) is 6.20 Å². The molecule has 3 atom stereocenters. The number of para-hydroxylation sites is 1. The summed E-state index contributed by atoms with van der Waals surface area (Å²) in [5, 5.41) is 27.2. The lowest BCUT2D eigenvalue weighted by atomic mass is 10.0. The van der Waals surface area contributed by atoms with Crippen LogP contribution in [0, 0.1) is 0 Å². The number of H-pyrrole nitrogens is 1. The molecule has 0 bridgehead atoms. The van der Waals surface area contributed by atoms with Crippen LogP contribution in [0.25, 0.3) is 10.9 Å². The highest BCUT2D eigenvalue weighted by Crippen LogP contribution is 2.19. The number of rotatable bonds is 13. The summed E-state index contributed by atoms with van der Waals surface area (Å²) in [6.45, 7) is -1.05. The number of hydrogen-bond donors (Lipinski definition) is 7. The van der Waals surface area contributed by atoms with Crippen LogP contribution in [0.1, 0.15) is 12.0 Å². The Hall–Kier alpha value is -3.09. The fraction of sp³-hybridized carbons (Fsp3) is 0.429. The highest BCUT2D eigenvalue weighted by atomic mass is 32.2. The molecule has 0 fully saturated rings. The molecule has 8 N–H and O–H groups in total. The van der Waals surface area contributed by atoms with Crippen LogP contribution in [0.2, 0.25) is 0 Å². The van der Waals surface area contributed by atoms with Crippen LogP contribution in [-0.2, 0) is 25.6 Å². The second-order valence-electron chi connectivity index (χ2n) is 7.31. The topological polar surface area (TPSA) is 187 Å². The molecule has 2 rings (SSSR count). The van der Waals surface area contributed by atoms with E-state index in [1.807, 2.05) is 30.5 Å². The van der Waals surface area contributed by atoms with Crippen molar-refractivity contribution < 1.29 is 29.4 Å². The third-order valence-corrected chi connectivity index (χ3v) is 5.62. The molecule has 3 amide bonds. The molecule has 0 saturated heterocycles. The lowest BCUT2D eigenvalue weighted by molar-refractivity contribution is -0.142. The van der Waals surface area contributed by atoms with Crippen LogP contribution in [0.3, 0.4) is 0 Å². The van der Waals surface area contributed by atoms with Gasteiger partial charge in [0.15, 0.2) is 0 Å². The Morgan fingerprint density at radius 2 is 1.73 bits per heavy atom. The van der Waals surface area contributed by atoms with Crippen molar-refractivity contribution >= 4 is 46.4 Å². The number of nitrogens with two attached hydrogens (primary N) is 1. The third-order valence-electron chi connectivity index (χ3n) is 4.98. The molecule has 0 aliphatic rings. The number of carboxylic acids is 1. The summed E-state index contributed by atoms with van der Waals surface area (Å²) in [5.74, 6) is -2.79. The number of aliphatic carboxylic acids is 1. The Bertz CT molecular complexity index is 981. The summed E-state index contributed by atoms with van der Waals surface area (Å²) in [6, 6.07) is 3.84. The van der Waals surface area contributed by atoms with Crippen molar-refractivity contribution in [1.82, 2.24) is 20.9 Å². The Morgan fingerprint density at radius 1 is 1.06 bits per heavy atom. The van der Waals surface area contributed by atoms with Gasteiger partial charge < -0.3 is 36.9 Å². The number of fused-ring (bicyclic) bond motifs is 1. The predicted molar refractivity (Wildman–Crippen MR) is 125 cm³/mol. The minimum absolute atomic E-state index is 0.0418. The molecule has 1 aromatic carbocycles. The van der Waals surface area contributed by atoms with Crippen molar-refractivity contribution in [2.24, 2.45) is 5.73 Å². The van der Waals surface area contributed by atoms with Crippen molar-refractivity contribution in [3.63, 3.8) is 0 Å². The molecule has 0 saturated carbocycles. The van der Waals surface area contributed by atoms with Gasteiger partial charge in [0.25, 0.3) is 0 Å². The number of aliphatic hydroxyl groups excluding tert-OH is 1. The van der Waals surface area contributed by atoms with Crippen molar-refractivity contribution in [1.29, 1.82) is 0 Å². The lowest BCUT2D eigenvalue weighted by Gasteiger charge is -2.23. The van der Waals surface area contributed by atoms with Gasteiger partial charge in [0.1, 0.15) is 18.1 Å². The molecule has 0 spiro atoms. The molecule has 0 aliphatic heterocycles. The minimum atomic E-state index is -1.29. The molecule has 0 radical (unpaired) electrons. The Balaban J connectivity index is 2.12. The first-order valence-electron chi connectivity index (χ1n) is 10.3. The van der Waals surface area contributed by atoms with Gasteiger partial charge >= 0.3 is 5.97 Å². The lowest BCUT2D eigenvalue weighted by Crippen LogP contribution is -2.57.